The van der Waals surface area contributed by atoms with Crippen LogP contribution in [0.4, 0.5) is 5.82 Å². The fourth-order valence-electron chi connectivity index (χ4n) is 1.91. The number of hydrogen-bond acceptors (Lipinski definition) is 3. The van der Waals surface area contributed by atoms with Crippen molar-refractivity contribution < 1.29 is 0 Å². The van der Waals surface area contributed by atoms with Crippen LogP contribution in [0.5, 0.6) is 0 Å². The Balaban J connectivity index is 2.66. The summed E-state index contributed by atoms with van der Waals surface area (Å²) in [6.07, 6.45) is 3.07. The lowest BCUT2D eigenvalue weighted by Gasteiger charge is -2.24. The van der Waals surface area contributed by atoms with Gasteiger partial charge in [0.25, 0.3) is 0 Å². The molecule has 0 saturated carbocycles. The Morgan fingerprint density at radius 1 is 1.41 bits per heavy atom. The molecule has 3 heteroatoms. The molecule has 1 unspecified atom stereocenters. The van der Waals surface area contributed by atoms with Crippen LogP contribution in [0, 0.1) is 5.92 Å². The molecular formula is C14H25N3. The molecule has 1 aromatic rings. The lowest BCUT2D eigenvalue weighted by atomic mass is 10.1. The van der Waals surface area contributed by atoms with Crippen LogP contribution in [0.15, 0.2) is 18.3 Å². The van der Waals surface area contributed by atoms with E-state index < -0.39 is 0 Å². The first kappa shape index (κ1) is 14.0. The first-order valence-corrected chi connectivity index (χ1v) is 6.55. The first-order chi connectivity index (χ1) is 8.21. The van der Waals surface area contributed by atoms with Crippen LogP contribution in [-0.2, 0) is 6.54 Å². The summed E-state index contributed by atoms with van der Waals surface area (Å²) in [5, 5.41) is 3.15. The van der Waals surface area contributed by atoms with E-state index in [4.69, 9.17) is 0 Å². The van der Waals surface area contributed by atoms with Gasteiger partial charge in [0.15, 0.2) is 0 Å². The van der Waals surface area contributed by atoms with Crippen LogP contribution in [0.3, 0.4) is 0 Å². The quantitative estimate of drug-likeness (QED) is 0.787. The average molecular weight is 235 g/mol. The van der Waals surface area contributed by atoms with Gasteiger partial charge >= 0.3 is 0 Å². The van der Waals surface area contributed by atoms with E-state index >= 15 is 0 Å². The third kappa shape index (κ3) is 4.35. The Bertz CT molecular complexity index is 325. The largest absolute Gasteiger partial charge is 0.373 e. The van der Waals surface area contributed by atoms with Crippen LogP contribution < -0.4 is 5.32 Å². The van der Waals surface area contributed by atoms with Crippen molar-refractivity contribution in [3.8, 4) is 0 Å². The van der Waals surface area contributed by atoms with E-state index in [0.717, 1.165) is 31.4 Å². The minimum Gasteiger partial charge on any atom is -0.373 e. The molecule has 96 valence electrons. The molecule has 1 aromatic heterocycles. The molecule has 1 N–H and O–H groups in total. The summed E-state index contributed by atoms with van der Waals surface area (Å²) in [6.45, 7) is 10.0. The lowest BCUT2D eigenvalue weighted by Crippen LogP contribution is -2.28. The van der Waals surface area contributed by atoms with Crippen molar-refractivity contribution in [1.82, 2.24) is 9.88 Å². The van der Waals surface area contributed by atoms with Crippen LogP contribution >= 0.6 is 0 Å². The van der Waals surface area contributed by atoms with Gasteiger partial charge in [-0.1, -0.05) is 33.3 Å². The molecule has 0 aliphatic rings. The van der Waals surface area contributed by atoms with Gasteiger partial charge in [0.05, 0.1) is 0 Å². The highest BCUT2D eigenvalue weighted by Gasteiger charge is 2.10. The second kappa shape index (κ2) is 7.28. The highest BCUT2D eigenvalue weighted by Crippen LogP contribution is 2.15. The molecule has 0 radical (unpaired) electrons. The Morgan fingerprint density at radius 3 is 2.76 bits per heavy atom. The van der Waals surface area contributed by atoms with Crippen molar-refractivity contribution in [2.45, 2.75) is 33.7 Å². The third-order valence-corrected chi connectivity index (χ3v) is 3.24. The molecule has 3 nitrogen and oxygen atoms in total. The molecule has 1 rings (SSSR count). The van der Waals surface area contributed by atoms with E-state index in [1.54, 1.807) is 0 Å². The molecule has 17 heavy (non-hydrogen) atoms. The second-order valence-electron chi connectivity index (χ2n) is 4.60. The summed E-state index contributed by atoms with van der Waals surface area (Å²) in [5.41, 5.74) is 1.28. The maximum absolute atomic E-state index is 4.35. The van der Waals surface area contributed by atoms with Gasteiger partial charge in [-0.25, -0.2) is 4.98 Å². The topological polar surface area (TPSA) is 28.2 Å². The van der Waals surface area contributed by atoms with Gasteiger partial charge in [-0.3, -0.25) is 4.90 Å². The molecule has 0 aliphatic heterocycles. The van der Waals surface area contributed by atoms with E-state index in [9.17, 15) is 0 Å². The van der Waals surface area contributed by atoms with Crippen molar-refractivity contribution in [3.63, 3.8) is 0 Å². The molecule has 1 atom stereocenters. The maximum Gasteiger partial charge on any atom is 0.130 e. The standard InChI is InChI=1S/C14H25N3/c1-5-12(3)10-17(6-2)11-13-8-7-9-16-14(13)15-4/h7-9,12H,5-6,10-11H2,1-4H3,(H,15,16). The zero-order chi connectivity index (χ0) is 12.7. The SMILES string of the molecule is CCC(C)CN(CC)Cc1cccnc1NC. The molecule has 0 amide bonds. The Kier molecular flexibility index (Phi) is 5.98. The Morgan fingerprint density at radius 2 is 2.18 bits per heavy atom. The Labute approximate surface area is 105 Å². The van der Waals surface area contributed by atoms with Crippen molar-refractivity contribution >= 4 is 5.82 Å². The van der Waals surface area contributed by atoms with E-state index in [-0.39, 0.29) is 0 Å². The summed E-state index contributed by atoms with van der Waals surface area (Å²) in [5.74, 6) is 1.75. The van der Waals surface area contributed by atoms with Gasteiger partial charge in [0, 0.05) is 31.9 Å². The third-order valence-electron chi connectivity index (χ3n) is 3.24. The fraction of sp³-hybridized carbons (Fsp3) is 0.643. The average Bonchev–Trinajstić information content (AvgIpc) is 2.38. The first-order valence-electron chi connectivity index (χ1n) is 6.55. The van der Waals surface area contributed by atoms with E-state index in [1.807, 2.05) is 19.3 Å². The van der Waals surface area contributed by atoms with Crippen LogP contribution in [0.1, 0.15) is 32.8 Å². The number of pyridine rings is 1. The molecule has 0 fully saturated rings. The molecule has 0 aliphatic carbocycles. The summed E-state index contributed by atoms with van der Waals surface area (Å²) in [6, 6.07) is 4.16. The smallest absolute Gasteiger partial charge is 0.130 e. The van der Waals surface area contributed by atoms with Crippen molar-refractivity contribution in [3.05, 3.63) is 23.9 Å². The highest BCUT2D eigenvalue weighted by molar-refractivity contribution is 5.42. The predicted octanol–water partition coefficient (Wildman–Crippen LogP) is 2.99. The van der Waals surface area contributed by atoms with E-state index in [1.165, 1.54) is 12.0 Å². The normalized spacial score (nSPS) is 12.8. The summed E-state index contributed by atoms with van der Waals surface area (Å²) in [7, 11) is 1.93. The summed E-state index contributed by atoms with van der Waals surface area (Å²) >= 11 is 0. The van der Waals surface area contributed by atoms with Gasteiger partial charge in [0.2, 0.25) is 0 Å². The van der Waals surface area contributed by atoms with Gasteiger partial charge in [0.1, 0.15) is 5.82 Å². The maximum atomic E-state index is 4.35. The zero-order valence-electron chi connectivity index (χ0n) is 11.5. The number of aromatic nitrogens is 1. The Hall–Kier alpha value is -1.09. The monoisotopic (exact) mass is 235 g/mol. The number of nitrogens with one attached hydrogen (secondary N) is 1. The van der Waals surface area contributed by atoms with Crippen LogP contribution in [0.2, 0.25) is 0 Å². The fourth-order valence-corrected chi connectivity index (χ4v) is 1.91. The predicted molar refractivity (Wildman–Crippen MR) is 74.2 cm³/mol. The zero-order valence-corrected chi connectivity index (χ0v) is 11.5. The van der Waals surface area contributed by atoms with Crippen molar-refractivity contribution in [2.75, 3.05) is 25.5 Å². The minimum absolute atomic E-state index is 0.754. The molecule has 0 saturated heterocycles. The van der Waals surface area contributed by atoms with Gasteiger partial charge in [-0.15, -0.1) is 0 Å². The highest BCUT2D eigenvalue weighted by atomic mass is 15.1. The molecule has 0 aromatic carbocycles. The number of nitrogens with zero attached hydrogens (tertiary/aromatic N) is 2. The minimum atomic E-state index is 0.754. The van der Waals surface area contributed by atoms with Gasteiger partial charge in [-0.2, -0.15) is 0 Å². The molecule has 0 spiro atoms. The van der Waals surface area contributed by atoms with Crippen molar-refractivity contribution in [1.29, 1.82) is 0 Å². The van der Waals surface area contributed by atoms with Crippen LogP contribution in [0.25, 0.3) is 0 Å². The summed E-state index contributed by atoms with van der Waals surface area (Å²) in [4.78, 5) is 6.82. The van der Waals surface area contributed by atoms with Crippen molar-refractivity contribution in [2.24, 2.45) is 5.92 Å². The summed E-state index contributed by atoms with van der Waals surface area (Å²) < 4.78 is 0. The number of hydrogen-bond donors (Lipinski definition) is 1. The number of rotatable bonds is 7. The van der Waals surface area contributed by atoms with E-state index in [0.29, 0.717) is 0 Å². The molecule has 1 heterocycles. The second-order valence-corrected chi connectivity index (χ2v) is 4.60. The molecule has 0 bridgehead atoms. The molecular weight excluding hydrogens is 210 g/mol. The van der Waals surface area contributed by atoms with E-state index in [2.05, 4.69) is 42.0 Å². The van der Waals surface area contributed by atoms with Gasteiger partial charge < -0.3 is 5.32 Å². The van der Waals surface area contributed by atoms with Gasteiger partial charge in [-0.05, 0) is 18.5 Å². The van der Waals surface area contributed by atoms with Crippen LogP contribution in [-0.4, -0.2) is 30.0 Å². The lowest BCUT2D eigenvalue weighted by molar-refractivity contribution is 0.238. The number of anilines is 1.